The van der Waals surface area contributed by atoms with Crippen LogP contribution in [0.5, 0.6) is 5.75 Å². The lowest BCUT2D eigenvalue weighted by Gasteiger charge is -2.22. The largest absolute Gasteiger partial charge is 0.491 e. The van der Waals surface area contributed by atoms with Crippen molar-refractivity contribution in [2.75, 3.05) is 13.2 Å². The fraction of sp³-hybridized carbons (Fsp3) is 0.600. The molecule has 3 amide bonds. The Hall–Kier alpha value is -2.08. The second kappa shape index (κ2) is 7.27. The molecule has 1 spiro atoms. The molecule has 1 saturated carbocycles. The molecule has 0 unspecified atom stereocenters. The number of β-amino-alcohol motifs (C(OH)–C–C–N with tert-alkyl or cyclic N) is 1. The van der Waals surface area contributed by atoms with Gasteiger partial charge in [0.15, 0.2) is 0 Å². The number of aliphatic hydroxyl groups is 1. The lowest BCUT2D eigenvalue weighted by atomic mass is 9.98. The number of aryl methyl sites for hydroxylation is 1. The van der Waals surface area contributed by atoms with Gasteiger partial charge in [0.1, 0.15) is 24.0 Å². The van der Waals surface area contributed by atoms with E-state index in [-0.39, 0.29) is 19.1 Å². The van der Waals surface area contributed by atoms with Crippen LogP contribution >= 0.6 is 0 Å². The maximum Gasteiger partial charge on any atom is 0.325 e. The van der Waals surface area contributed by atoms with Gasteiger partial charge >= 0.3 is 6.03 Å². The van der Waals surface area contributed by atoms with E-state index in [9.17, 15) is 14.7 Å². The van der Waals surface area contributed by atoms with Crippen molar-refractivity contribution in [1.29, 1.82) is 0 Å². The van der Waals surface area contributed by atoms with Gasteiger partial charge in [-0.15, -0.1) is 0 Å². The van der Waals surface area contributed by atoms with E-state index in [1.807, 2.05) is 25.1 Å². The minimum absolute atomic E-state index is 0.0350. The summed E-state index contributed by atoms with van der Waals surface area (Å²) in [7, 11) is 0. The molecule has 0 radical (unpaired) electrons. The summed E-state index contributed by atoms with van der Waals surface area (Å²) in [5.74, 6) is 0.830. The predicted molar refractivity (Wildman–Crippen MR) is 98.2 cm³/mol. The summed E-state index contributed by atoms with van der Waals surface area (Å²) >= 11 is 0. The number of aliphatic hydroxyl groups excluding tert-OH is 1. The number of hydrogen-bond donors (Lipinski definition) is 2. The maximum absolute atomic E-state index is 12.6. The molecule has 1 aromatic carbocycles. The molecule has 3 rings (SSSR count). The fourth-order valence-corrected chi connectivity index (χ4v) is 3.85. The van der Waals surface area contributed by atoms with Crippen molar-refractivity contribution in [1.82, 2.24) is 10.2 Å². The smallest absolute Gasteiger partial charge is 0.325 e. The number of rotatable bonds is 6. The van der Waals surface area contributed by atoms with Gasteiger partial charge in [0, 0.05) is 0 Å². The zero-order chi connectivity index (χ0) is 18.9. The fourth-order valence-electron chi connectivity index (χ4n) is 3.85. The first-order chi connectivity index (χ1) is 12.3. The molecular formula is C20H28N2O4. The first kappa shape index (κ1) is 18.7. The van der Waals surface area contributed by atoms with Crippen LogP contribution in [0.3, 0.4) is 0 Å². The van der Waals surface area contributed by atoms with E-state index in [0.29, 0.717) is 18.8 Å². The van der Waals surface area contributed by atoms with Crippen molar-refractivity contribution in [3.63, 3.8) is 0 Å². The van der Waals surface area contributed by atoms with E-state index in [2.05, 4.69) is 19.2 Å². The van der Waals surface area contributed by atoms with Crippen LogP contribution < -0.4 is 10.1 Å². The van der Waals surface area contributed by atoms with Crippen LogP contribution in [-0.4, -0.2) is 46.7 Å². The van der Waals surface area contributed by atoms with Gasteiger partial charge in [0.2, 0.25) is 0 Å². The Labute approximate surface area is 154 Å². The predicted octanol–water partition coefficient (Wildman–Crippen LogP) is 2.72. The summed E-state index contributed by atoms with van der Waals surface area (Å²) in [6, 6.07) is 5.61. The molecule has 1 aliphatic heterocycles. The molecular weight excluding hydrogens is 332 g/mol. The number of amides is 3. The first-order valence-electron chi connectivity index (χ1n) is 9.38. The van der Waals surface area contributed by atoms with Crippen molar-refractivity contribution in [3.05, 3.63) is 29.3 Å². The number of imide groups is 1. The van der Waals surface area contributed by atoms with Crippen molar-refractivity contribution in [2.45, 2.75) is 64.0 Å². The third kappa shape index (κ3) is 3.56. The molecule has 2 fully saturated rings. The number of ether oxygens (including phenoxy) is 1. The molecule has 1 atom stereocenters. The average Bonchev–Trinajstić information content (AvgIpc) is 3.14. The quantitative estimate of drug-likeness (QED) is 0.765. The number of nitrogens with one attached hydrogen (secondary N) is 1. The first-order valence-corrected chi connectivity index (χ1v) is 9.38. The summed E-state index contributed by atoms with van der Waals surface area (Å²) in [4.78, 5) is 26.0. The van der Waals surface area contributed by atoms with Crippen LogP contribution in [-0.2, 0) is 4.79 Å². The second-order valence-electron chi connectivity index (χ2n) is 7.80. The normalized spacial score (nSPS) is 20.1. The third-order valence-corrected chi connectivity index (χ3v) is 5.32. The summed E-state index contributed by atoms with van der Waals surface area (Å²) in [6.07, 6.45) is 2.32. The van der Waals surface area contributed by atoms with Gasteiger partial charge in [0.25, 0.3) is 5.91 Å². The molecule has 1 aromatic rings. The van der Waals surface area contributed by atoms with Crippen LogP contribution in [0, 0.1) is 6.92 Å². The number of carbonyl (C=O) groups is 2. The highest BCUT2D eigenvalue weighted by atomic mass is 16.5. The Morgan fingerprint density at radius 1 is 1.27 bits per heavy atom. The third-order valence-electron chi connectivity index (χ3n) is 5.32. The van der Waals surface area contributed by atoms with Crippen LogP contribution in [0.4, 0.5) is 4.79 Å². The Kier molecular flexibility index (Phi) is 5.23. The molecule has 6 nitrogen and oxygen atoms in total. The lowest BCUT2D eigenvalue weighted by Crippen LogP contribution is -2.45. The lowest BCUT2D eigenvalue weighted by molar-refractivity contribution is -0.132. The monoisotopic (exact) mass is 360 g/mol. The van der Waals surface area contributed by atoms with Gasteiger partial charge in [-0.05, 0) is 42.9 Å². The Morgan fingerprint density at radius 3 is 2.62 bits per heavy atom. The van der Waals surface area contributed by atoms with Gasteiger partial charge in [-0.1, -0.05) is 38.8 Å². The van der Waals surface area contributed by atoms with Crippen molar-refractivity contribution >= 4 is 11.9 Å². The van der Waals surface area contributed by atoms with Gasteiger partial charge in [-0.25, -0.2) is 4.79 Å². The molecule has 2 aliphatic rings. The van der Waals surface area contributed by atoms with E-state index >= 15 is 0 Å². The Balaban J connectivity index is 1.61. The van der Waals surface area contributed by atoms with Crippen molar-refractivity contribution in [2.24, 2.45) is 0 Å². The Bertz CT molecular complexity index is 695. The minimum atomic E-state index is -0.929. The van der Waals surface area contributed by atoms with Crippen molar-refractivity contribution < 1.29 is 19.4 Å². The highest BCUT2D eigenvalue weighted by Crippen LogP contribution is 2.35. The van der Waals surface area contributed by atoms with Crippen LogP contribution in [0.2, 0.25) is 0 Å². The number of urea groups is 1. The van der Waals surface area contributed by atoms with Crippen LogP contribution in [0.1, 0.15) is 56.6 Å². The van der Waals surface area contributed by atoms with E-state index in [1.165, 1.54) is 0 Å². The Morgan fingerprint density at radius 2 is 1.96 bits per heavy atom. The van der Waals surface area contributed by atoms with Crippen molar-refractivity contribution in [3.8, 4) is 5.75 Å². The summed E-state index contributed by atoms with van der Waals surface area (Å²) < 4.78 is 5.82. The molecule has 142 valence electrons. The molecule has 0 aromatic heterocycles. The highest BCUT2D eigenvalue weighted by Gasteiger charge is 2.52. The number of carbonyl (C=O) groups excluding carboxylic acids is 2. The van der Waals surface area contributed by atoms with Gasteiger partial charge in [-0.3, -0.25) is 9.69 Å². The number of benzene rings is 1. The summed E-state index contributed by atoms with van der Waals surface area (Å²) in [6.45, 7) is 6.15. The number of hydrogen-bond acceptors (Lipinski definition) is 4. The summed E-state index contributed by atoms with van der Waals surface area (Å²) in [5.41, 5.74) is 1.41. The standard InChI is InChI=1S/C20H28N2O4/c1-13(2)16-7-6-14(3)10-17(16)26-12-15(23)11-22-18(24)20(21-19(22)25)8-4-5-9-20/h6-7,10,13,15,23H,4-5,8-9,11-12H2,1-3H3,(H,21,25)/t15-/m1/s1. The topological polar surface area (TPSA) is 78.9 Å². The molecule has 1 aliphatic carbocycles. The molecule has 1 saturated heterocycles. The zero-order valence-electron chi connectivity index (χ0n) is 15.7. The molecule has 26 heavy (non-hydrogen) atoms. The van der Waals surface area contributed by atoms with Crippen LogP contribution in [0.15, 0.2) is 18.2 Å². The van der Waals surface area contributed by atoms with E-state index in [1.54, 1.807) is 0 Å². The zero-order valence-corrected chi connectivity index (χ0v) is 15.7. The van der Waals surface area contributed by atoms with E-state index < -0.39 is 17.7 Å². The van der Waals surface area contributed by atoms with E-state index in [0.717, 1.165) is 34.6 Å². The van der Waals surface area contributed by atoms with E-state index in [4.69, 9.17) is 4.74 Å². The highest BCUT2D eigenvalue weighted by molar-refractivity contribution is 6.07. The molecule has 2 N–H and O–H groups in total. The van der Waals surface area contributed by atoms with Gasteiger partial charge in [0.05, 0.1) is 6.54 Å². The molecule has 6 heteroatoms. The number of nitrogens with zero attached hydrogens (tertiary/aromatic N) is 1. The van der Waals surface area contributed by atoms with Gasteiger partial charge in [-0.2, -0.15) is 0 Å². The summed E-state index contributed by atoms with van der Waals surface area (Å²) in [5, 5.41) is 13.2. The average molecular weight is 360 g/mol. The molecule has 1 heterocycles. The second-order valence-corrected chi connectivity index (χ2v) is 7.80. The maximum atomic E-state index is 12.6. The van der Waals surface area contributed by atoms with Gasteiger partial charge < -0.3 is 15.2 Å². The minimum Gasteiger partial charge on any atom is -0.491 e. The molecule has 0 bridgehead atoms. The SMILES string of the molecule is Cc1ccc(C(C)C)c(OC[C@H](O)CN2C(=O)NC3(CCCC3)C2=O)c1. The van der Waals surface area contributed by atoms with Crippen LogP contribution in [0.25, 0.3) is 0 Å².